The second-order valence-corrected chi connectivity index (χ2v) is 6.16. The molecule has 0 aromatic carbocycles. The van der Waals surface area contributed by atoms with Gasteiger partial charge in [-0.25, -0.2) is 4.99 Å². The Hall–Kier alpha value is -0.550. The van der Waals surface area contributed by atoms with Crippen LogP contribution in [0.1, 0.15) is 24.6 Å². The molecule has 2 N–H and O–H groups in total. The van der Waals surface area contributed by atoms with Crippen LogP contribution in [0.3, 0.4) is 0 Å². The van der Waals surface area contributed by atoms with E-state index in [1.807, 2.05) is 0 Å². The first kappa shape index (κ1) is 12.9. The van der Waals surface area contributed by atoms with Crippen LogP contribution in [-0.2, 0) is 6.54 Å². The first-order chi connectivity index (χ1) is 8.28. The van der Waals surface area contributed by atoms with Crippen LogP contribution in [0.5, 0.6) is 0 Å². The van der Waals surface area contributed by atoms with Crippen molar-refractivity contribution in [3.05, 3.63) is 20.8 Å². The van der Waals surface area contributed by atoms with Gasteiger partial charge in [-0.1, -0.05) is 0 Å². The molecular formula is C12H18BrN3S. The number of rotatable bonds is 5. The van der Waals surface area contributed by atoms with E-state index in [1.54, 1.807) is 11.3 Å². The summed E-state index contributed by atoms with van der Waals surface area (Å²) in [7, 11) is 0. The fourth-order valence-corrected chi connectivity index (χ4v) is 2.87. The largest absolute Gasteiger partial charge is 0.357 e. The molecule has 0 unspecified atom stereocenters. The highest BCUT2D eigenvalue weighted by Gasteiger charge is 2.20. The van der Waals surface area contributed by atoms with Gasteiger partial charge in [-0.3, -0.25) is 0 Å². The van der Waals surface area contributed by atoms with E-state index < -0.39 is 0 Å². The molecule has 2 rings (SSSR count). The topological polar surface area (TPSA) is 36.4 Å². The molecule has 1 aliphatic carbocycles. The third kappa shape index (κ3) is 4.68. The van der Waals surface area contributed by atoms with Gasteiger partial charge in [-0.15, -0.1) is 11.3 Å². The van der Waals surface area contributed by atoms with Gasteiger partial charge < -0.3 is 10.6 Å². The maximum absolute atomic E-state index is 4.58. The van der Waals surface area contributed by atoms with Crippen LogP contribution in [0.4, 0.5) is 0 Å². The summed E-state index contributed by atoms with van der Waals surface area (Å²) in [6, 6.07) is 2.12. The van der Waals surface area contributed by atoms with Gasteiger partial charge in [0.2, 0.25) is 0 Å². The first-order valence-electron chi connectivity index (χ1n) is 6.03. The lowest BCUT2D eigenvalue weighted by molar-refractivity contribution is 0.739. The molecule has 3 nitrogen and oxygen atoms in total. The molecule has 1 fully saturated rings. The van der Waals surface area contributed by atoms with Crippen LogP contribution >= 0.6 is 27.3 Å². The van der Waals surface area contributed by atoms with E-state index in [9.17, 15) is 0 Å². The van der Waals surface area contributed by atoms with Crippen LogP contribution in [0, 0.1) is 5.92 Å². The molecule has 1 saturated carbocycles. The van der Waals surface area contributed by atoms with E-state index in [1.165, 1.54) is 17.7 Å². The van der Waals surface area contributed by atoms with Gasteiger partial charge >= 0.3 is 0 Å². The van der Waals surface area contributed by atoms with Crippen molar-refractivity contribution >= 4 is 33.2 Å². The van der Waals surface area contributed by atoms with E-state index in [0.717, 1.165) is 36.0 Å². The molecule has 17 heavy (non-hydrogen) atoms. The van der Waals surface area contributed by atoms with E-state index in [4.69, 9.17) is 0 Å². The fourth-order valence-electron chi connectivity index (χ4n) is 1.50. The Labute approximate surface area is 115 Å². The highest BCUT2D eigenvalue weighted by molar-refractivity contribution is 9.10. The van der Waals surface area contributed by atoms with E-state index >= 15 is 0 Å². The van der Waals surface area contributed by atoms with Crippen LogP contribution in [0.25, 0.3) is 0 Å². The van der Waals surface area contributed by atoms with Crippen LogP contribution in [0.2, 0.25) is 0 Å². The van der Waals surface area contributed by atoms with E-state index in [2.05, 4.69) is 49.9 Å². The molecular weight excluding hydrogens is 298 g/mol. The molecule has 0 aliphatic heterocycles. The minimum absolute atomic E-state index is 0.746. The molecule has 1 aliphatic rings. The third-order valence-corrected chi connectivity index (χ3v) is 4.30. The molecule has 0 bridgehead atoms. The summed E-state index contributed by atoms with van der Waals surface area (Å²) < 4.78 is 1.14. The van der Waals surface area contributed by atoms with E-state index in [-0.39, 0.29) is 0 Å². The number of hydrogen-bond donors (Lipinski definition) is 2. The SMILES string of the molecule is CCNC(=NCc1cc(Br)cs1)NCC1CC1. The zero-order valence-corrected chi connectivity index (χ0v) is 12.4. The predicted molar refractivity (Wildman–Crippen MR) is 77.6 cm³/mol. The zero-order valence-electron chi connectivity index (χ0n) is 10.0. The summed E-state index contributed by atoms with van der Waals surface area (Å²) in [6.07, 6.45) is 2.73. The number of halogens is 1. The average molecular weight is 316 g/mol. The number of thiophene rings is 1. The maximum Gasteiger partial charge on any atom is 0.191 e. The molecule has 94 valence electrons. The number of nitrogens with zero attached hydrogens (tertiary/aromatic N) is 1. The Morgan fingerprint density at radius 1 is 1.53 bits per heavy atom. The smallest absolute Gasteiger partial charge is 0.191 e. The van der Waals surface area contributed by atoms with Gasteiger partial charge in [0, 0.05) is 27.8 Å². The van der Waals surface area contributed by atoms with Gasteiger partial charge in [0.15, 0.2) is 5.96 Å². The van der Waals surface area contributed by atoms with Crippen LogP contribution < -0.4 is 10.6 Å². The summed E-state index contributed by atoms with van der Waals surface area (Å²) in [5.74, 6) is 1.80. The molecule has 0 saturated heterocycles. The van der Waals surface area contributed by atoms with Gasteiger partial charge in [0.25, 0.3) is 0 Å². The number of guanidine groups is 1. The van der Waals surface area contributed by atoms with E-state index in [0.29, 0.717) is 0 Å². The highest BCUT2D eigenvalue weighted by Crippen LogP contribution is 2.27. The lowest BCUT2D eigenvalue weighted by Crippen LogP contribution is -2.38. The van der Waals surface area contributed by atoms with Crippen molar-refractivity contribution < 1.29 is 0 Å². The van der Waals surface area contributed by atoms with Gasteiger partial charge in [-0.2, -0.15) is 0 Å². The minimum Gasteiger partial charge on any atom is -0.357 e. The lowest BCUT2D eigenvalue weighted by Gasteiger charge is -2.10. The Morgan fingerprint density at radius 2 is 2.35 bits per heavy atom. The number of aliphatic imine (C=N–C) groups is 1. The lowest BCUT2D eigenvalue weighted by atomic mass is 10.4. The van der Waals surface area contributed by atoms with Gasteiger partial charge in [-0.05, 0) is 47.7 Å². The second-order valence-electron chi connectivity index (χ2n) is 4.25. The summed E-state index contributed by atoms with van der Waals surface area (Å²) in [6.45, 7) is 4.80. The fraction of sp³-hybridized carbons (Fsp3) is 0.583. The molecule has 0 spiro atoms. The van der Waals surface area contributed by atoms with Crippen molar-refractivity contribution in [3.8, 4) is 0 Å². The second kappa shape index (κ2) is 6.40. The Morgan fingerprint density at radius 3 is 2.94 bits per heavy atom. The molecule has 1 heterocycles. The molecule has 1 aromatic rings. The molecule has 1 aromatic heterocycles. The monoisotopic (exact) mass is 315 g/mol. The third-order valence-electron chi connectivity index (χ3n) is 2.61. The Bertz CT molecular complexity index is 385. The minimum atomic E-state index is 0.746. The van der Waals surface area contributed by atoms with Crippen molar-refractivity contribution in [2.75, 3.05) is 13.1 Å². The van der Waals surface area contributed by atoms with Crippen LogP contribution in [0.15, 0.2) is 20.9 Å². The Balaban J connectivity index is 1.84. The maximum atomic E-state index is 4.58. The molecule has 0 amide bonds. The number of hydrogen-bond acceptors (Lipinski definition) is 2. The van der Waals surface area contributed by atoms with Gasteiger partial charge in [0.05, 0.1) is 6.54 Å². The Kier molecular flexibility index (Phi) is 4.86. The average Bonchev–Trinajstić information content (AvgIpc) is 3.05. The zero-order chi connectivity index (χ0) is 12.1. The molecule has 0 atom stereocenters. The van der Waals surface area contributed by atoms with Crippen molar-refractivity contribution in [2.45, 2.75) is 26.3 Å². The first-order valence-corrected chi connectivity index (χ1v) is 7.70. The van der Waals surface area contributed by atoms with Crippen LogP contribution in [-0.4, -0.2) is 19.0 Å². The summed E-state index contributed by atoms with van der Waals surface area (Å²) in [4.78, 5) is 5.86. The summed E-state index contributed by atoms with van der Waals surface area (Å²) in [5, 5.41) is 8.76. The highest BCUT2D eigenvalue weighted by atomic mass is 79.9. The summed E-state index contributed by atoms with van der Waals surface area (Å²) >= 11 is 5.20. The standard InChI is InChI=1S/C12H18BrN3S/c1-2-14-12(15-6-9-3-4-9)16-7-11-5-10(13)8-17-11/h5,8-9H,2-4,6-7H2,1H3,(H2,14,15,16). The summed E-state index contributed by atoms with van der Waals surface area (Å²) in [5.41, 5.74) is 0. The van der Waals surface area contributed by atoms with Crippen molar-refractivity contribution in [3.63, 3.8) is 0 Å². The van der Waals surface area contributed by atoms with Crippen molar-refractivity contribution in [1.29, 1.82) is 0 Å². The normalized spacial score (nSPS) is 16.0. The van der Waals surface area contributed by atoms with Gasteiger partial charge in [0.1, 0.15) is 0 Å². The number of nitrogens with one attached hydrogen (secondary N) is 2. The van der Waals surface area contributed by atoms with Crippen molar-refractivity contribution in [2.24, 2.45) is 10.9 Å². The molecule has 0 radical (unpaired) electrons. The quantitative estimate of drug-likeness (QED) is 0.647. The predicted octanol–water partition coefficient (Wildman–Crippen LogP) is 2.98. The molecule has 5 heteroatoms. The van der Waals surface area contributed by atoms with Crippen molar-refractivity contribution in [1.82, 2.24) is 10.6 Å².